The SMILES string of the molecule is Cc1ccc(F)cc1S(=O)(=O)Nc1ccc2nc(N3CCN(CC(=O)NC(C)C)CC3)cc(C(=O)O)c2c1. The van der Waals surface area contributed by atoms with Gasteiger partial charge in [-0.05, 0) is 62.7 Å². The summed E-state index contributed by atoms with van der Waals surface area (Å²) >= 11 is 0. The lowest BCUT2D eigenvalue weighted by atomic mass is 10.1. The van der Waals surface area contributed by atoms with E-state index in [2.05, 4.69) is 15.0 Å². The average Bonchev–Trinajstić information content (AvgIpc) is 2.84. The molecule has 0 saturated carbocycles. The van der Waals surface area contributed by atoms with E-state index in [1.165, 1.54) is 30.3 Å². The highest BCUT2D eigenvalue weighted by atomic mass is 32.2. The number of piperazine rings is 1. The number of hydrogen-bond acceptors (Lipinski definition) is 7. The summed E-state index contributed by atoms with van der Waals surface area (Å²) in [6.07, 6.45) is 0. The number of benzene rings is 2. The van der Waals surface area contributed by atoms with E-state index < -0.39 is 21.8 Å². The lowest BCUT2D eigenvalue weighted by molar-refractivity contribution is -0.122. The van der Waals surface area contributed by atoms with Crippen LogP contribution in [0.3, 0.4) is 0 Å². The molecule has 1 aliphatic rings. The van der Waals surface area contributed by atoms with Gasteiger partial charge < -0.3 is 15.3 Å². The molecule has 1 aliphatic heterocycles. The highest BCUT2D eigenvalue weighted by molar-refractivity contribution is 7.92. The molecule has 1 fully saturated rings. The summed E-state index contributed by atoms with van der Waals surface area (Å²) in [5, 5.41) is 13.0. The van der Waals surface area contributed by atoms with Crippen molar-refractivity contribution in [2.45, 2.75) is 31.7 Å². The number of aromatic carboxylic acids is 1. The lowest BCUT2D eigenvalue weighted by Gasteiger charge is -2.35. The van der Waals surface area contributed by atoms with Gasteiger partial charge in [-0.3, -0.25) is 14.4 Å². The van der Waals surface area contributed by atoms with Gasteiger partial charge in [0.05, 0.1) is 22.5 Å². The fourth-order valence-electron chi connectivity index (χ4n) is 4.39. The Kier molecular flexibility index (Phi) is 7.83. The van der Waals surface area contributed by atoms with Crippen LogP contribution in [0.1, 0.15) is 29.8 Å². The zero-order valence-corrected chi connectivity index (χ0v) is 22.2. The molecule has 4 rings (SSSR count). The summed E-state index contributed by atoms with van der Waals surface area (Å²) in [5.41, 5.74) is 0.875. The van der Waals surface area contributed by atoms with Crippen molar-refractivity contribution < 1.29 is 27.5 Å². The van der Waals surface area contributed by atoms with Crippen LogP contribution in [0, 0.1) is 12.7 Å². The van der Waals surface area contributed by atoms with E-state index >= 15 is 0 Å². The molecule has 202 valence electrons. The van der Waals surface area contributed by atoms with E-state index in [0.29, 0.717) is 49.6 Å². The number of pyridine rings is 1. The van der Waals surface area contributed by atoms with Crippen LogP contribution in [-0.2, 0) is 14.8 Å². The smallest absolute Gasteiger partial charge is 0.336 e. The van der Waals surface area contributed by atoms with Crippen molar-refractivity contribution in [3.8, 4) is 0 Å². The highest BCUT2D eigenvalue weighted by Crippen LogP contribution is 2.28. The number of carboxylic acid groups (broad SMARTS) is 1. The third-order valence-corrected chi connectivity index (χ3v) is 7.75. The third kappa shape index (κ3) is 6.20. The molecule has 0 unspecified atom stereocenters. The number of rotatable bonds is 8. The molecule has 1 aromatic heterocycles. The number of carbonyl (C=O) groups excluding carboxylic acids is 1. The standard InChI is InChI=1S/C26H30FN5O5S/c1-16(2)28-25(33)15-31-8-10-32(11-9-31)24-14-21(26(34)35)20-13-19(6-7-22(20)29-24)30-38(36,37)23-12-18(27)5-4-17(23)3/h4-7,12-14,16,30H,8-11,15H2,1-3H3,(H,28,33)(H,34,35). The predicted molar refractivity (Wildman–Crippen MR) is 143 cm³/mol. The molecule has 0 aliphatic carbocycles. The minimum absolute atomic E-state index is 0.0216. The van der Waals surface area contributed by atoms with Crippen molar-refractivity contribution in [2.24, 2.45) is 0 Å². The fourth-order valence-corrected chi connectivity index (χ4v) is 5.70. The number of carboxylic acids is 1. The van der Waals surface area contributed by atoms with Gasteiger partial charge in [-0.1, -0.05) is 6.07 Å². The molecule has 2 aromatic carbocycles. The molecular formula is C26H30FN5O5S. The van der Waals surface area contributed by atoms with Gasteiger partial charge in [0.1, 0.15) is 11.6 Å². The van der Waals surface area contributed by atoms with Crippen LogP contribution in [0.15, 0.2) is 47.4 Å². The van der Waals surface area contributed by atoms with Crippen LogP contribution >= 0.6 is 0 Å². The molecule has 3 N–H and O–H groups in total. The van der Waals surface area contributed by atoms with Crippen LogP contribution in [0.5, 0.6) is 0 Å². The Labute approximate surface area is 220 Å². The minimum Gasteiger partial charge on any atom is -0.478 e. The number of nitrogens with zero attached hydrogens (tertiary/aromatic N) is 3. The number of fused-ring (bicyclic) bond motifs is 1. The van der Waals surface area contributed by atoms with Crippen LogP contribution < -0.4 is 14.9 Å². The molecule has 1 saturated heterocycles. The molecule has 3 aromatic rings. The number of aromatic nitrogens is 1. The maximum atomic E-state index is 13.7. The number of carbonyl (C=O) groups is 2. The second kappa shape index (κ2) is 10.9. The molecule has 0 atom stereocenters. The zero-order chi connectivity index (χ0) is 27.6. The third-order valence-electron chi connectivity index (χ3n) is 6.23. The number of hydrogen-bond donors (Lipinski definition) is 3. The van der Waals surface area contributed by atoms with Crippen molar-refractivity contribution in [1.82, 2.24) is 15.2 Å². The van der Waals surface area contributed by atoms with Gasteiger partial charge in [-0.2, -0.15) is 0 Å². The Hall–Kier alpha value is -3.77. The van der Waals surface area contributed by atoms with Gasteiger partial charge >= 0.3 is 5.97 Å². The van der Waals surface area contributed by atoms with Crippen LogP contribution in [0.2, 0.25) is 0 Å². The molecule has 0 radical (unpaired) electrons. The Balaban J connectivity index is 1.56. The largest absolute Gasteiger partial charge is 0.478 e. The molecule has 1 amide bonds. The van der Waals surface area contributed by atoms with Gasteiger partial charge in [-0.25, -0.2) is 22.6 Å². The highest BCUT2D eigenvalue weighted by Gasteiger charge is 2.23. The zero-order valence-electron chi connectivity index (χ0n) is 21.4. The van der Waals surface area contributed by atoms with Crippen LogP contribution in [-0.4, -0.2) is 74.1 Å². The van der Waals surface area contributed by atoms with Gasteiger partial charge in [-0.15, -0.1) is 0 Å². The summed E-state index contributed by atoms with van der Waals surface area (Å²) < 4.78 is 41.9. The van der Waals surface area contributed by atoms with E-state index in [9.17, 15) is 27.5 Å². The molecule has 2 heterocycles. The first kappa shape index (κ1) is 27.3. The summed E-state index contributed by atoms with van der Waals surface area (Å²) in [5.74, 6) is -1.41. The Bertz CT molecular complexity index is 1490. The van der Waals surface area contributed by atoms with Crippen molar-refractivity contribution in [2.75, 3.05) is 42.3 Å². The summed E-state index contributed by atoms with van der Waals surface area (Å²) in [6.45, 7) is 8.04. The van der Waals surface area contributed by atoms with Crippen LogP contribution in [0.4, 0.5) is 15.9 Å². The Morgan fingerprint density at radius 2 is 1.79 bits per heavy atom. The maximum Gasteiger partial charge on any atom is 0.336 e. The topological polar surface area (TPSA) is 132 Å². The molecular weight excluding hydrogens is 513 g/mol. The number of aryl methyl sites for hydroxylation is 1. The first-order chi connectivity index (χ1) is 17.9. The quantitative estimate of drug-likeness (QED) is 0.395. The van der Waals surface area contributed by atoms with Gasteiger partial charge in [0.25, 0.3) is 10.0 Å². The molecule has 10 nitrogen and oxygen atoms in total. The molecule has 0 spiro atoms. The van der Waals surface area contributed by atoms with Crippen molar-refractivity contribution in [3.05, 3.63) is 59.4 Å². The summed E-state index contributed by atoms with van der Waals surface area (Å²) in [4.78, 5) is 32.6. The average molecular weight is 544 g/mol. The van der Waals surface area contributed by atoms with Crippen molar-refractivity contribution >= 4 is 44.3 Å². The van der Waals surface area contributed by atoms with E-state index in [-0.39, 0.29) is 33.5 Å². The van der Waals surface area contributed by atoms with E-state index in [1.54, 1.807) is 13.0 Å². The minimum atomic E-state index is -4.11. The first-order valence-electron chi connectivity index (χ1n) is 12.2. The molecule has 0 bridgehead atoms. The summed E-state index contributed by atoms with van der Waals surface area (Å²) in [7, 11) is -4.11. The number of amides is 1. The first-order valence-corrected chi connectivity index (χ1v) is 13.6. The normalized spacial score (nSPS) is 14.6. The lowest BCUT2D eigenvalue weighted by Crippen LogP contribution is -2.50. The number of anilines is 2. The van der Waals surface area contributed by atoms with E-state index in [4.69, 9.17) is 0 Å². The number of nitrogens with one attached hydrogen (secondary N) is 2. The van der Waals surface area contributed by atoms with Crippen LogP contribution in [0.25, 0.3) is 10.9 Å². The maximum absolute atomic E-state index is 13.7. The number of sulfonamides is 1. The molecule has 38 heavy (non-hydrogen) atoms. The Morgan fingerprint density at radius 3 is 2.45 bits per heavy atom. The van der Waals surface area contributed by atoms with Crippen molar-refractivity contribution in [1.29, 1.82) is 0 Å². The second-order valence-electron chi connectivity index (χ2n) is 9.57. The molecule has 12 heteroatoms. The summed E-state index contributed by atoms with van der Waals surface area (Å²) in [6, 6.07) is 9.48. The second-order valence-corrected chi connectivity index (χ2v) is 11.2. The predicted octanol–water partition coefficient (Wildman–Crippen LogP) is 2.83. The van der Waals surface area contributed by atoms with Gasteiger partial charge in [0.2, 0.25) is 5.91 Å². The Morgan fingerprint density at radius 1 is 1.08 bits per heavy atom. The van der Waals surface area contributed by atoms with E-state index in [1.807, 2.05) is 23.6 Å². The van der Waals surface area contributed by atoms with E-state index in [0.717, 1.165) is 6.07 Å². The van der Waals surface area contributed by atoms with Gasteiger partial charge in [0, 0.05) is 43.3 Å². The fraction of sp³-hybridized carbons (Fsp3) is 0.346. The monoisotopic (exact) mass is 543 g/mol. The van der Waals surface area contributed by atoms with Gasteiger partial charge in [0.15, 0.2) is 0 Å². The van der Waals surface area contributed by atoms with Crippen molar-refractivity contribution in [3.63, 3.8) is 0 Å². The number of halogens is 1.